The lowest BCUT2D eigenvalue weighted by Gasteiger charge is -2.16. The lowest BCUT2D eigenvalue weighted by Crippen LogP contribution is -2.33. The zero-order valence-electron chi connectivity index (χ0n) is 17.2. The molecule has 31 heavy (non-hydrogen) atoms. The van der Waals surface area contributed by atoms with Crippen molar-refractivity contribution in [2.45, 2.75) is 49.8 Å². The van der Waals surface area contributed by atoms with Crippen molar-refractivity contribution in [2.75, 3.05) is 18.9 Å². The molecule has 1 unspecified atom stereocenters. The van der Waals surface area contributed by atoms with Crippen LogP contribution in [-0.4, -0.2) is 40.9 Å². The molecule has 162 valence electrons. The highest BCUT2D eigenvalue weighted by atomic mass is 32.2. The number of amides is 1. The molecule has 3 heterocycles. The molecule has 2 aromatic heterocycles. The van der Waals surface area contributed by atoms with E-state index in [1.54, 1.807) is 0 Å². The number of ether oxygens (including phenoxy) is 1. The Labute approximate surface area is 188 Å². The minimum absolute atomic E-state index is 0.0795. The Morgan fingerprint density at radius 3 is 2.97 bits per heavy atom. The van der Waals surface area contributed by atoms with Gasteiger partial charge in [0.25, 0.3) is 5.56 Å². The van der Waals surface area contributed by atoms with E-state index in [1.807, 2.05) is 5.38 Å². The molecule has 2 aliphatic rings. The van der Waals surface area contributed by atoms with Crippen molar-refractivity contribution < 1.29 is 9.53 Å². The van der Waals surface area contributed by atoms with Gasteiger partial charge in [0.2, 0.25) is 5.91 Å². The van der Waals surface area contributed by atoms with Gasteiger partial charge in [0.05, 0.1) is 17.2 Å². The molecule has 5 rings (SSSR count). The van der Waals surface area contributed by atoms with Crippen molar-refractivity contribution in [1.82, 2.24) is 15.3 Å². The van der Waals surface area contributed by atoms with E-state index in [0.717, 1.165) is 43.4 Å². The third-order valence-corrected chi connectivity index (χ3v) is 7.72. The number of thioether (sulfide) groups is 1. The fourth-order valence-corrected chi connectivity index (χ4v) is 6.03. The predicted molar refractivity (Wildman–Crippen MR) is 125 cm³/mol. The fraction of sp³-hybridized carbons (Fsp3) is 0.435. The lowest BCUT2D eigenvalue weighted by molar-refractivity contribution is -0.119. The van der Waals surface area contributed by atoms with Gasteiger partial charge in [0, 0.05) is 24.1 Å². The zero-order valence-corrected chi connectivity index (χ0v) is 18.9. The van der Waals surface area contributed by atoms with Gasteiger partial charge in [-0.25, -0.2) is 4.98 Å². The number of aromatic nitrogens is 2. The highest BCUT2D eigenvalue weighted by Crippen LogP contribution is 2.34. The smallest absolute Gasteiger partial charge is 0.260 e. The van der Waals surface area contributed by atoms with Gasteiger partial charge < -0.3 is 15.0 Å². The van der Waals surface area contributed by atoms with E-state index in [4.69, 9.17) is 4.74 Å². The first-order valence-electron chi connectivity index (χ1n) is 10.8. The number of nitrogens with one attached hydrogen (secondary N) is 2. The first-order valence-corrected chi connectivity index (χ1v) is 12.7. The Morgan fingerprint density at radius 1 is 1.26 bits per heavy atom. The SMILES string of the molecule is O=C(CSc1nc2scc(-c3ccc4c(c3)CCCC4)c2c(=O)[nH]1)NCC1CCCO1. The van der Waals surface area contributed by atoms with E-state index in [1.165, 1.54) is 47.1 Å². The zero-order chi connectivity index (χ0) is 21.2. The van der Waals surface area contributed by atoms with Crippen molar-refractivity contribution >= 4 is 39.2 Å². The second-order valence-corrected chi connectivity index (χ2v) is 9.94. The minimum Gasteiger partial charge on any atom is -0.376 e. The number of thiophene rings is 1. The van der Waals surface area contributed by atoms with Gasteiger partial charge in [0.1, 0.15) is 4.83 Å². The third kappa shape index (κ3) is 4.56. The van der Waals surface area contributed by atoms with Gasteiger partial charge >= 0.3 is 0 Å². The molecule has 3 aromatic rings. The van der Waals surface area contributed by atoms with Crippen LogP contribution in [-0.2, 0) is 22.4 Å². The number of aromatic amines is 1. The normalized spacial score (nSPS) is 18.3. The first kappa shape index (κ1) is 20.7. The number of rotatable bonds is 6. The summed E-state index contributed by atoms with van der Waals surface area (Å²) in [5.74, 6) is 0.133. The number of hydrogen-bond donors (Lipinski definition) is 2. The Kier molecular flexibility index (Phi) is 6.11. The lowest BCUT2D eigenvalue weighted by atomic mass is 9.89. The summed E-state index contributed by atoms with van der Waals surface area (Å²) in [6, 6.07) is 6.55. The summed E-state index contributed by atoms with van der Waals surface area (Å²) in [5.41, 5.74) is 4.69. The van der Waals surface area contributed by atoms with E-state index in [0.29, 0.717) is 21.9 Å². The largest absolute Gasteiger partial charge is 0.376 e. The summed E-state index contributed by atoms with van der Waals surface area (Å²) in [7, 11) is 0. The van der Waals surface area contributed by atoms with Crippen LogP contribution in [0.3, 0.4) is 0 Å². The van der Waals surface area contributed by atoms with Crippen molar-refractivity contribution in [2.24, 2.45) is 0 Å². The number of fused-ring (bicyclic) bond motifs is 2. The van der Waals surface area contributed by atoms with Crippen LogP contribution in [0.4, 0.5) is 0 Å². The summed E-state index contributed by atoms with van der Waals surface area (Å²) in [4.78, 5) is 33.2. The van der Waals surface area contributed by atoms with Gasteiger partial charge in [-0.1, -0.05) is 30.0 Å². The average molecular weight is 456 g/mol. The molecular weight excluding hydrogens is 430 g/mol. The highest BCUT2D eigenvalue weighted by molar-refractivity contribution is 7.99. The summed E-state index contributed by atoms with van der Waals surface area (Å²) in [6.07, 6.45) is 6.89. The van der Waals surface area contributed by atoms with Gasteiger partial charge in [0.15, 0.2) is 5.16 Å². The molecule has 1 aliphatic heterocycles. The summed E-state index contributed by atoms with van der Waals surface area (Å²) >= 11 is 2.73. The quantitative estimate of drug-likeness (QED) is 0.435. The van der Waals surface area contributed by atoms with Crippen LogP contribution < -0.4 is 10.9 Å². The van der Waals surface area contributed by atoms with Crippen LogP contribution in [0.2, 0.25) is 0 Å². The fourth-order valence-electron chi connectivity index (χ4n) is 4.33. The molecule has 1 aliphatic carbocycles. The first-order chi connectivity index (χ1) is 15.2. The Hall–Kier alpha value is -2.16. The van der Waals surface area contributed by atoms with Gasteiger partial charge in [-0.05, 0) is 55.2 Å². The molecule has 8 heteroatoms. The molecule has 1 aromatic carbocycles. The van der Waals surface area contributed by atoms with Crippen molar-refractivity contribution in [1.29, 1.82) is 0 Å². The molecule has 2 N–H and O–H groups in total. The molecule has 0 radical (unpaired) electrons. The van der Waals surface area contributed by atoms with E-state index in [9.17, 15) is 9.59 Å². The number of carbonyl (C=O) groups is 1. The Morgan fingerprint density at radius 2 is 2.13 bits per heavy atom. The molecule has 1 fully saturated rings. The second-order valence-electron chi connectivity index (χ2n) is 8.12. The number of benzene rings is 1. The van der Waals surface area contributed by atoms with Crippen molar-refractivity contribution in [3.63, 3.8) is 0 Å². The second kappa shape index (κ2) is 9.14. The number of carbonyl (C=O) groups excluding carboxylic acids is 1. The summed E-state index contributed by atoms with van der Waals surface area (Å²) in [5, 5.41) is 6.02. The number of aryl methyl sites for hydroxylation is 2. The van der Waals surface area contributed by atoms with Gasteiger partial charge in [-0.15, -0.1) is 11.3 Å². The molecule has 0 saturated carbocycles. The maximum atomic E-state index is 12.9. The summed E-state index contributed by atoms with van der Waals surface area (Å²) in [6.45, 7) is 1.31. The molecule has 1 amide bonds. The van der Waals surface area contributed by atoms with Gasteiger partial charge in [-0.3, -0.25) is 9.59 Å². The van der Waals surface area contributed by atoms with Crippen LogP contribution >= 0.6 is 23.1 Å². The van der Waals surface area contributed by atoms with Gasteiger partial charge in [-0.2, -0.15) is 0 Å². The Balaban J connectivity index is 1.30. The molecular formula is C23H25N3O3S2. The van der Waals surface area contributed by atoms with E-state index in [-0.39, 0.29) is 23.3 Å². The van der Waals surface area contributed by atoms with E-state index >= 15 is 0 Å². The third-order valence-electron chi connectivity index (χ3n) is 5.97. The number of H-pyrrole nitrogens is 1. The number of hydrogen-bond acceptors (Lipinski definition) is 6. The minimum atomic E-state index is -0.152. The molecule has 0 bridgehead atoms. The highest BCUT2D eigenvalue weighted by Gasteiger charge is 2.18. The van der Waals surface area contributed by atoms with Crippen molar-refractivity contribution in [3.8, 4) is 11.1 Å². The molecule has 1 atom stereocenters. The van der Waals surface area contributed by atoms with E-state index in [2.05, 4.69) is 33.5 Å². The van der Waals surface area contributed by atoms with E-state index < -0.39 is 0 Å². The standard InChI is InChI=1S/C23H25N3O3S2/c27-19(24-11-17-6-3-9-29-17)13-31-23-25-21(28)20-18(12-30-22(20)26-23)16-8-7-14-4-1-2-5-15(14)10-16/h7-8,10,12,17H,1-6,9,11,13H2,(H,24,27)(H,25,26,28). The molecule has 6 nitrogen and oxygen atoms in total. The van der Waals surface area contributed by atoms with Crippen LogP contribution in [0.25, 0.3) is 21.3 Å². The van der Waals surface area contributed by atoms with Crippen molar-refractivity contribution in [3.05, 3.63) is 45.1 Å². The predicted octanol–water partition coefficient (Wildman–Crippen LogP) is 3.92. The average Bonchev–Trinajstić information content (AvgIpc) is 3.46. The Bertz CT molecular complexity index is 1160. The maximum Gasteiger partial charge on any atom is 0.260 e. The van der Waals surface area contributed by atoms with Crippen LogP contribution in [0.1, 0.15) is 36.8 Å². The molecule has 0 spiro atoms. The number of nitrogens with zero attached hydrogens (tertiary/aromatic N) is 1. The molecule has 1 saturated heterocycles. The van der Waals surface area contributed by atoms with Crippen LogP contribution in [0, 0.1) is 0 Å². The maximum absolute atomic E-state index is 12.9. The van der Waals surface area contributed by atoms with Crippen LogP contribution in [0.5, 0.6) is 0 Å². The summed E-state index contributed by atoms with van der Waals surface area (Å²) < 4.78 is 5.52. The monoisotopic (exact) mass is 455 g/mol. The van der Waals surface area contributed by atoms with Crippen LogP contribution in [0.15, 0.2) is 33.5 Å². The topological polar surface area (TPSA) is 84.1 Å².